The van der Waals surface area contributed by atoms with Gasteiger partial charge in [-0.25, -0.2) is 4.39 Å². The van der Waals surface area contributed by atoms with Crippen molar-refractivity contribution >= 4 is 22.9 Å². The van der Waals surface area contributed by atoms with Crippen LogP contribution in [0.25, 0.3) is 0 Å². The van der Waals surface area contributed by atoms with Crippen LogP contribution >= 0.6 is 11.3 Å². The van der Waals surface area contributed by atoms with Crippen LogP contribution in [0.2, 0.25) is 0 Å². The number of rotatable bonds is 8. The number of halogens is 1. The van der Waals surface area contributed by atoms with Gasteiger partial charge >= 0.3 is 0 Å². The highest BCUT2D eigenvalue weighted by atomic mass is 32.1. The second-order valence-corrected chi connectivity index (χ2v) is 9.29. The number of carbonyl (C=O) groups excluding carboxylic acids is 1. The number of piperazine rings is 1. The van der Waals surface area contributed by atoms with Gasteiger partial charge in [-0.15, -0.1) is 11.3 Å². The van der Waals surface area contributed by atoms with Crippen LogP contribution in [0.4, 0.5) is 10.1 Å². The van der Waals surface area contributed by atoms with Crippen LogP contribution in [0, 0.1) is 5.82 Å². The minimum atomic E-state index is -0.294. The van der Waals surface area contributed by atoms with Crippen LogP contribution in [0.15, 0.2) is 66.0 Å². The third-order valence-electron chi connectivity index (χ3n) is 6.11. The van der Waals surface area contributed by atoms with Gasteiger partial charge in [-0.2, -0.15) is 0 Å². The summed E-state index contributed by atoms with van der Waals surface area (Å²) in [6, 6.07) is 18.5. The number of thiophene rings is 1. The molecule has 1 aliphatic rings. The molecule has 2 heterocycles. The molecule has 1 N–H and O–H groups in total. The average molecular weight is 468 g/mol. The average Bonchev–Trinajstić information content (AvgIpc) is 3.35. The van der Waals surface area contributed by atoms with Gasteiger partial charge in [0.15, 0.2) is 0 Å². The van der Waals surface area contributed by atoms with Gasteiger partial charge in [0.05, 0.1) is 25.3 Å². The zero-order valence-electron chi connectivity index (χ0n) is 19.0. The molecule has 0 radical (unpaired) electrons. The zero-order chi connectivity index (χ0) is 23.2. The highest BCUT2D eigenvalue weighted by Crippen LogP contribution is 2.32. The first-order valence-electron chi connectivity index (χ1n) is 11.2. The molecule has 0 spiro atoms. The SMILES string of the molecule is COc1ccccc1N1CCN([C@@H](c2cccs2)[C@H](C)NC(=O)Cc2ccc(F)cc2)CC1. The first-order valence-corrected chi connectivity index (χ1v) is 12.1. The molecule has 3 aromatic rings. The van der Waals surface area contributed by atoms with E-state index in [0.717, 1.165) is 43.2 Å². The normalized spacial score (nSPS) is 16.3. The molecule has 0 unspecified atom stereocenters. The predicted octanol–water partition coefficient (Wildman–Crippen LogP) is 4.51. The third kappa shape index (κ3) is 5.72. The molecule has 5 nitrogen and oxygen atoms in total. The lowest BCUT2D eigenvalue weighted by atomic mass is 10.0. The quantitative estimate of drug-likeness (QED) is 0.530. The van der Waals surface area contributed by atoms with Crippen molar-refractivity contribution in [3.63, 3.8) is 0 Å². The molecule has 1 amide bonds. The Hall–Kier alpha value is -2.90. The summed E-state index contributed by atoms with van der Waals surface area (Å²) in [4.78, 5) is 18.8. The minimum absolute atomic E-state index is 0.0525. The van der Waals surface area contributed by atoms with Crippen molar-refractivity contribution in [3.05, 3.63) is 82.3 Å². The highest BCUT2D eigenvalue weighted by molar-refractivity contribution is 7.10. The molecule has 0 bridgehead atoms. The molecule has 2 atom stereocenters. The largest absolute Gasteiger partial charge is 0.495 e. The summed E-state index contributed by atoms with van der Waals surface area (Å²) < 4.78 is 18.7. The fraction of sp³-hybridized carbons (Fsp3) is 0.346. The smallest absolute Gasteiger partial charge is 0.224 e. The molecule has 174 valence electrons. The molecular weight excluding hydrogens is 437 g/mol. The van der Waals surface area contributed by atoms with Crippen LogP contribution in [-0.2, 0) is 11.2 Å². The maximum Gasteiger partial charge on any atom is 0.224 e. The first kappa shape index (κ1) is 23.3. The van der Waals surface area contributed by atoms with Crippen molar-refractivity contribution in [3.8, 4) is 5.75 Å². The standard InChI is InChI=1S/C26H30FN3O2S/c1-19(28-25(31)18-20-9-11-21(27)12-10-20)26(24-8-5-17-33-24)30-15-13-29(14-16-30)22-6-3-4-7-23(22)32-2/h3-12,17,19,26H,13-16,18H2,1-2H3,(H,28,31)/t19-,26+/m0/s1. The molecule has 1 aliphatic heterocycles. The number of hydrogen-bond donors (Lipinski definition) is 1. The Morgan fingerprint density at radius 3 is 2.45 bits per heavy atom. The lowest BCUT2D eigenvalue weighted by Crippen LogP contribution is -2.52. The molecule has 1 saturated heterocycles. The van der Waals surface area contributed by atoms with Gasteiger partial charge in [0.1, 0.15) is 11.6 Å². The molecule has 0 aliphatic carbocycles. The number of ether oxygens (including phenoxy) is 1. The molecular formula is C26H30FN3O2S. The monoisotopic (exact) mass is 467 g/mol. The Kier molecular flexibility index (Phi) is 7.62. The van der Waals surface area contributed by atoms with Gasteiger partial charge < -0.3 is 15.0 Å². The Morgan fingerprint density at radius 2 is 1.79 bits per heavy atom. The maximum atomic E-state index is 13.2. The van der Waals surface area contributed by atoms with Gasteiger partial charge in [-0.3, -0.25) is 9.69 Å². The lowest BCUT2D eigenvalue weighted by Gasteiger charge is -2.42. The number of para-hydroxylation sites is 2. The summed E-state index contributed by atoms with van der Waals surface area (Å²) in [5.74, 6) is 0.544. The molecule has 0 saturated carbocycles. The molecule has 4 rings (SSSR count). The van der Waals surface area contributed by atoms with Crippen LogP contribution in [0.3, 0.4) is 0 Å². The van der Waals surface area contributed by atoms with E-state index >= 15 is 0 Å². The van der Waals surface area contributed by atoms with E-state index in [9.17, 15) is 9.18 Å². The summed E-state index contributed by atoms with van der Waals surface area (Å²) in [6.45, 7) is 5.62. The summed E-state index contributed by atoms with van der Waals surface area (Å²) in [7, 11) is 1.71. The number of methoxy groups -OCH3 is 1. The second kappa shape index (κ2) is 10.8. The van der Waals surface area contributed by atoms with Crippen LogP contribution in [0.5, 0.6) is 5.75 Å². The molecule has 1 fully saturated rings. The summed E-state index contributed by atoms with van der Waals surface area (Å²) in [5.41, 5.74) is 1.92. The number of benzene rings is 2. The number of carbonyl (C=O) groups is 1. The van der Waals surface area contributed by atoms with Crippen molar-refractivity contribution < 1.29 is 13.9 Å². The third-order valence-corrected chi connectivity index (χ3v) is 7.05. The fourth-order valence-electron chi connectivity index (χ4n) is 4.51. The van der Waals surface area contributed by atoms with Crippen LogP contribution < -0.4 is 15.0 Å². The van der Waals surface area contributed by atoms with Crippen LogP contribution in [-0.4, -0.2) is 50.1 Å². The second-order valence-electron chi connectivity index (χ2n) is 8.31. The van der Waals surface area contributed by atoms with E-state index in [1.807, 2.05) is 18.2 Å². The van der Waals surface area contributed by atoms with Gasteiger partial charge in [-0.05, 0) is 48.2 Å². The van der Waals surface area contributed by atoms with E-state index < -0.39 is 0 Å². The van der Waals surface area contributed by atoms with Gasteiger partial charge in [0.2, 0.25) is 5.91 Å². The summed E-state index contributed by atoms with van der Waals surface area (Å²) in [5, 5.41) is 5.27. The Bertz CT molecular complexity index is 1030. The van der Waals surface area contributed by atoms with E-state index in [2.05, 4.69) is 45.6 Å². The maximum absolute atomic E-state index is 13.2. The van der Waals surface area contributed by atoms with Crippen molar-refractivity contribution in [2.75, 3.05) is 38.2 Å². The van der Waals surface area contributed by atoms with E-state index in [4.69, 9.17) is 4.74 Å². The molecule has 1 aromatic heterocycles. The molecule has 33 heavy (non-hydrogen) atoms. The van der Waals surface area contributed by atoms with Gasteiger partial charge in [-0.1, -0.05) is 30.3 Å². The van der Waals surface area contributed by atoms with Gasteiger partial charge in [0.25, 0.3) is 0 Å². The van der Waals surface area contributed by atoms with E-state index in [0.29, 0.717) is 0 Å². The topological polar surface area (TPSA) is 44.8 Å². The van der Waals surface area contributed by atoms with E-state index in [-0.39, 0.29) is 30.2 Å². The van der Waals surface area contributed by atoms with Crippen molar-refractivity contribution in [2.24, 2.45) is 0 Å². The van der Waals surface area contributed by atoms with Crippen molar-refractivity contribution in [2.45, 2.75) is 25.4 Å². The zero-order valence-corrected chi connectivity index (χ0v) is 19.9. The minimum Gasteiger partial charge on any atom is -0.495 e. The number of amides is 1. The predicted molar refractivity (Wildman–Crippen MR) is 132 cm³/mol. The number of hydrogen-bond acceptors (Lipinski definition) is 5. The molecule has 7 heteroatoms. The highest BCUT2D eigenvalue weighted by Gasteiger charge is 2.31. The number of anilines is 1. The fourth-order valence-corrected chi connectivity index (χ4v) is 5.47. The number of nitrogens with one attached hydrogen (secondary N) is 1. The summed E-state index contributed by atoms with van der Waals surface area (Å²) >= 11 is 1.72. The number of nitrogens with zero attached hydrogens (tertiary/aromatic N) is 2. The van der Waals surface area contributed by atoms with Gasteiger partial charge in [0, 0.05) is 37.1 Å². The Labute approximate surface area is 198 Å². The molecule has 2 aromatic carbocycles. The van der Waals surface area contributed by atoms with E-state index in [1.54, 1.807) is 30.6 Å². The van der Waals surface area contributed by atoms with E-state index in [1.165, 1.54) is 17.0 Å². The first-order chi connectivity index (χ1) is 16.0. The Morgan fingerprint density at radius 1 is 1.06 bits per heavy atom. The van der Waals surface area contributed by atoms with Crippen molar-refractivity contribution in [1.82, 2.24) is 10.2 Å². The van der Waals surface area contributed by atoms with Crippen LogP contribution in [0.1, 0.15) is 23.4 Å². The lowest BCUT2D eigenvalue weighted by molar-refractivity contribution is -0.121. The van der Waals surface area contributed by atoms with Crippen molar-refractivity contribution in [1.29, 1.82) is 0 Å². The Balaban J connectivity index is 1.42. The summed E-state index contributed by atoms with van der Waals surface area (Å²) in [6.07, 6.45) is 0.239.